The van der Waals surface area contributed by atoms with Crippen LogP contribution in [0, 0.1) is 0 Å². The maximum Gasteiger partial charge on any atom is 0.408 e. The first-order valence-corrected chi connectivity index (χ1v) is 6.96. The van der Waals surface area contributed by atoms with Crippen molar-refractivity contribution >= 4 is 59.6 Å². The topological polar surface area (TPSA) is 28.2 Å². The van der Waals surface area contributed by atoms with Crippen LogP contribution in [0.15, 0.2) is 6.20 Å². The summed E-state index contributed by atoms with van der Waals surface area (Å²) in [5.74, 6) is 0. The van der Waals surface area contributed by atoms with Gasteiger partial charge in [-0.3, -0.25) is 4.90 Å². The number of halogens is 8. The molecular weight excluding hydrogens is 408 g/mol. The molecule has 0 aliphatic carbocycles. The molecule has 2 rings (SSSR count). The highest BCUT2D eigenvalue weighted by Crippen LogP contribution is 2.44. The lowest BCUT2D eigenvalue weighted by atomic mass is 10.1. The number of piperazine rings is 1. The first-order valence-electron chi connectivity index (χ1n) is 5.83. The van der Waals surface area contributed by atoms with Crippen LogP contribution in [0.3, 0.4) is 0 Å². The molecule has 0 saturated carbocycles. The van der Waals surface area contributed by atoms with Gasteiger partial charge in [0.2, 0.25) is 0 Å². The molecule has 1 aliphatic rings. The van der Waals surface area contributed by atoms with Crippen molar-refractivity contribution in [1.29, 1.82) is 0 Å². The second-order valence-corrected chi connectivity index (χ2v) is 5.50. The Morgan fingerprint density at radius 1 is 1.14 bits per heavy atom. The van der Waals surface area contributed by atoms with E-state index in [2.05, 4.69) is 10.3 Å². The molecule has 1 atom stereocenters. The molecule has 128 valence electrons. The molecule has 11 heteroatoms. The van der Waals surface area contributed by atoms with Crippen molar-refractivity contribution in [3.05, 3.63) is 27.0 Å². The fraction of sp³-hybridized carbons (Fsp3) is 0.545. The van der Waals surface area contributed by atoms with Crippen molar-refractivity contribution in [3.63, 3.8) is 0 Å². The van der Waals surface area contributed by atoms with Gasteiger partial charge in [0.1, 0.15) is 11.2 Å². The van der Waals surface area contributed by atoms with Gasteiger partial charge in [-0.2, -0.15) is 13.2 Å². The molecule has 0 amide bonds. The number of rotatable bonds is 2. The van der Waals surface area contributed by atoms with Gasteiger partial charge in [0.15, 0.2) is 0 Å². The van der Waals surface area contributed by atoms with Crippen molar-refractivity contribution in [2.45, 2.75) is 12.2 Å². The summed E-state index contributed by atoms with van der Waals surface area (Å²) in [5, 5.41) is 2.43. The number of nitrogens with one attached hydrogen (secondary N) is 1. The lowest BCUT2D eigenvalue weighted by Gasteiger charge is -2.36. The number of hydrogen-bond acceptors (Lipinski definition) is 3. The van der Waals surface area contributed by atoms with Crippen LogP contribution in [0.1, 0.15) is 11.6 Å². The Bertz CT molecular complexity index is 495. The Morgan fingerprint density at radius 3 is 2.18 bits per heavy atom. The van der Waals surface area contributed by atoms with Gasteiger partial charge in [-0.05, 0) is 0 Å². The minimum Gasteiger partial charge on any atom is -0.314 e. The zero-order valence-corrected chi connectivity index (χ0v) is 14.9. The molecule has 0 radical (unpaired) electrons. The molecule has 0 bridgehead atoms. The van der Waals surface area contributed by atoms with Crippen molar-refractivity contribution in [2.24, 2.45) is 0 Å². The van der Waals surface area contributed by atoms with E-state index in [9.17, 15) is 13.2 Å². The largest absolute Gasteiger partial charge is 0.408 e. The Labute approximate surface area is 153 Å². The van der Waals surface area contributed by atoms with Gasteiger partial charge in [0, 0.05) is 37.9 Å². The van der Waals surface area contributed by atoms with Crippen molar-refractivity contribution in [3.8, 4) is 0 Å². The van der Waals surface area contributed by atoms with Crippen LogP contribution in [0.25, 0.3) is 0 Å². The monoisotopic (exact) mass is 419 g/mol. The molecule has 1 aromatic rings. The van der Waals surface area contributed by atoms with E-state index in [-0.39, 0.29) is 58.7 Å². The van der Waals surface area contributed by atoms with Gasteiger partial charge in [-0.1, -0.05) is 34.8 Å². The van der Waals surface area contributed by atoms with Gasteiger partial charge in [0.25, 0.3) is 0 Å². The molecule has 22 heavy (non-hydrogen) atoms. The van der Waals surface area contributed by atoms with Gasteiger partial charge in [-0.25, -0.2) is 4.98 Å². The van der Waals surface area contributed by atoms with Crippen LogP contribution in [0.5, 0.6) is 0 Å². The van der Waals surface area contributed by atoms with E-state index in [4.69, 9.17) is 34.8 Å². The van der Waals surface area contributed by atoms with E-state index in [0.29, 0.717) is 13.1 Å². The van der Waals surface area contributed by atoms with Gasteiger partial charge in [0.05, 0.1) is 10.0 Å². The SMILES string of the molecule is Cl.Cl.FC(F)(F)[C@H](c1c(Cl)cnc(Cl)c1Cl)N1CCNCC1. The Hall–Kier alpha value is 0.310. The number of nitrogens with zero attached hydrogens (tertiary/aromatic N) is 2. The smallest absolute Gasteiger partial charge is 0.314 e. The molecule has 3 nitrogen and oxygen atoms in total. The van der Waals surface area contributed by atoms with E-state index in [1.54, 1.807) is 0 Å². The van der Waals surface area contributed by atoms with E-state index in [1.807, 2.05) is 0 Å². The zero-order valence-electron chi connectivity index (χ0n) is 11.0. The fourth-order valence-electron chi connectivity index (χ4n) is 2.20. The Kier molecular flexibility index (Phi) is 9.09. The fourth-order valence-corrected chi connectivity index (χ4v) is 2.90. The van der Waals surface area contributed by atoms with Crippen LogP contribution in [-0.4, -0.2) is 42.2 Å². The average molecular weight is 422 g/mol. The number of pyridine rings is 1. The molecule has 1 N–H and O–H groups in total. The molecule has 2 heterocycles. The second-order valence-electron chi connectivity index (χ2n) is 4.35. The highest BCUT2D eigenvalue weighted by atomic mass is 35.5. The van der Waals surface area contributed by atoms with Crippen LogP contribution >= 0.6 is 59.6 Å². The van der Waals surface area contributed by atoms with E-state index >= 15 is 0 Å². The minimum absolute atomic E-state index is 0. The average Bonchev–Trinajstić information content (AvgIpc) is 2.39. The highest BCUT2D eigenvalue weighted by molar-refractivity contribution is 6.43. The molecule has 1 aromatic heterocycles. The number of alkyl halides is 3. The molecule has 1 fully saturated rings. The van der Waals surface area contributed by atoms with Crippen LogP contribution in [-0.2, 0) is 0 Å². The normalized spacial score (nSPS) is 17.4. The highest BCUT2D eigenvalue weighted by Gasteiger charge is 2.47. The van der Waals surface area contributed by atoms with Crippen LogP contribution in [0.2, 0.25) is 15.2 Å². The summed E-state index contributed by atoms with van der Waals surface area (Å²) in [6, 6.07) is -1.88. The summed E-state index contributed by atoms with van der Waals surface area (Å²) in [7, 11) is 0. The third kappa shape index (κ3) is 4.90. The van der Waals surface area contributed by atoms with Crippen molar-refractivity contribution in [2.75, 3.05) is 26.2 Å². The van der Waals surface area contributed by atoms with E-state index in [1.165, 1.54) is 4.90 Å². The third-order valence-corrected chi connectivity index (χ3v) is 4.13. The molecule has 0 aromatic carbocycles. The molecule has 0 unspecified atom stereocenters. The molecular formula is C11H13Cl5F3N3. The second kappa shape index (κ2) is 8.97. The van der Waals surface area contributed by atoms with Gasteiger partial charge < -0.3 is 5.32 Å². The predicted molar refractivity (Wildman–Crippen MR) is 87.0 cm³/mol. The standard InChI is InChI=1S/C11H11Cl3F3N3.2ClH/c12-6-5-19-10(14)8(13)7(6)9(11(15,16)17)20-3-1-18-2-4-20;;/h5,9,18H,1-4H2;2*1H/t9-;;/m0../s1. The van der Waals surface area contributed by atoms with E-state index < -0.39 is 12.2 Å². The maximum atomic E-state index is 13.4. The Morgan fingerprint density at radius 2 is 1.68 bits per heavy atom. The molecule has 1 saturated heterocycles. The van der Waals surface area contributed by atoms with Crippen molar-refractivity contribution in [1.82, 2.24) is 15.2 Å². The summed E-state index contributed by atoms with van der Waals surface area (Å²) < 4.78 is 40.3. The van der Waals surface area contributed by atoms with Gasteiger partial charge in [-0.15, -0.1) is 24.8 Å². The van der Waals surface area contributed by atoms with Gasteiger partial charge >= 0.3 is 6.18 Å². The Balaban J connectivity index is 0.00000220. The summed E-state index contributed by atoms with van der Waals surface area (Å²) >= 11 is 17.5. The summed E-state index contributed by atoms with van der Waals surface area (Å²) in [6.07, 6.45) is -3.42. The summed E-state index contributed by atoms with van der Waals surface area (Å²) in [4.78, 5) is 4.94. The third-order valence-electron chi connectivity index (χ3n) is 3.07. The van der Waals surface area contributed by atoms with Crippen LogP contribution < -0.4 is 5.32 Å². The zero-order chi connectivity index (χ0) is 14.9. The number of hydrogen-bond donors (Lipinski definition) is 1. The summed E-state index contributed by atoms with van der Waals surface area (Å²) in [5.41, 5.74) is -0.234. The first-order chi connectivity index (χ1) is 9.32. The minimum atomic E-state index is -4.50. The van der Waals surface area contributed by atoms with Crippen LogP contribution in [0.4, 0.5) is 13.2 Å². The predicted octanol–water partition coefficient (Wildman–Crippen LogP) is 4.39. The van der Waals surface area contributed by atoms with E-state index in [0.717, 1.165) is 6.20 Å². The maximum absolute atomic E-state index is 13.4. The molecule has 1 aliphatic heterocycles. The summed E-state index contributed by atoms with van der Waals surface area (Å²) in [6.45, 7) is 1.44. The lowest BCUT2D eigenvalue weighted by molar-refractivity contribution is -0.187. The first kappa shape index (κ1) is 22.3. The quantitative estimate of drug-likeness (QED) is 0.718. The lowest BCUT2D eigenvalue weighted by Crippen LogP contribution is -2.49. The van der Waals surface area contributed by atoms with Crippen molar-refractivity contribution < 1.29 is 13.2 Å². The molecule has 0 spiro atoms. The number of aromatic nitrogens is 1.